The lowest BCUT2D eigenvalue weighted by atomic mass is 9.79. The van der Waals surface area contributed by atoms with Gasteiger partial charge in [-0.25, -0.2) is 4.79 Å². The number of para-hydroxylation sites is 1. The number of amides is 2. The SMILES string of the molecule is CCC(C)C(NC(=O)C(C)(C)c1ccccc1)C(=O)NC1(C(=O)O)CCc2[nH]c3c(C(F)(F)F)cccc3c2C1. The largest absolute Gasteiger partial charge is 0.479 e. The standard InChI is InChI=1S/C30H34F3N3O4/c1-5-17(2)23(35-26(38)28(3,4)18-10-7-6-8-11-18)25(37)36-29(27(39)40)15-14-22-20(16-29)19-12-9-13-21(24(19)34-22)30(31,32)33/h6-13,17,23,34H,5,14-16H2,1-4H3,(H,35,38)(H,36,37)(H,39,40). The Morgan fingerprint density at radius 1 is 1.07 bits per heavy atom. The first kappa shape index (κ1) is 29.2. The summed E-state index contributed by atoms with van der Waals surface area (Å²) >= 11 is 0. The smallest absolute Gasteiger partial charge is 0.418 e. The van der Waals surface area contributed by atoms with Gasteiger partial charge < -0.3 is 20.7 Å². The van der Waals surface area contributed by atoms with Crippen molar-refractivity contribution in [2.45, 2.75) is 76.6 Å². The lowest BCUT2D eigenvalue weighted by Crippen LogP contribution is -2.63. The second kappa shape index (κ2) is 10.6. The lowest BCUT2D eigenvalue weighted by Gasteiger charge is -2.37. The Kier molecular flexibility index (Phi) is 7.75. The maximum absolute atomic E-state index is 13.7. The highest BCUT2D eigenvalue weighted by Crippen LogP contribution is 2.40. The monoisotopic (exact) mass is 557 g/mol. The van der Waals surface area contributed by atoms with E-state index in [2.05, 4.69) is 15.6 Å². The van der Waals surface area contributed by atoms with Crippen LogP contribution in [0.25, 0.3) is 10.9 Å². The molecular formula is C30H34F3N3O4. The number of nitrogens with one attached hydrogen (secondary N) is 3. The number of hydrogen-bond donors (Lipinski definition) is 4. The van der Waals surface area contributed by atoms with Crippen LogP contribution in [0.4, 0.5) is 13.2 Å². The topological polar surface area (TPSA) is 111 Å². The lowest BCUT2D eigenvalue weighted by molar-refractivity contribution is -0.149. The van der Waals surface area contributed by atoms with Gasteiger partial charge in [0.25, 0.3) is 0 Å². The van der Waals surface area contributed by atoms with Crippen LogP contribution in [-0.4, -0.2) is 39.5 Å². The number of aliphatic carboxylic acids is 1. The van der Waals surface area contributed by atoms with Gasteiger partial charge in [-0.1, -0.05) is 62.7 Å². The molecule has 1 aromatic heterocycles. The van der Waals surface area contributed by atoms with Crippen LogP contribution < -0.4 is 10.6 Å². The summed E-state index contributed by atoms with van der Waals surface area (Å²) in [6.45, 7) is 7.15. The van der Waals surface area contributed by atoms with Crippen molar-refractivity contribution in [2.24, 2.45) is 5.92 Å². The van der Waals surface area contributed by atoms with Gasteiger partial charge in [-0.05, 0) is 49.8 Å². The molecule has 2 aromatic carbocycles. The number of hydrogen-bond acceptors (Lipinski definition) is 3. The Hall–Kier alpha value is -3.82. The number of aromatic amines is 1. The molecule has 0 saturated heterocycles. The van der Waals surface area contributed by atoms with Crippen LogP contribution in [0.2, 0.25) is 0 Å². The first-order chi connectivity index (χ1) is 18.7. The molecule has 4 N–H and O–H groups in total. The molecule has 0 fully saturated rings. The van der Waals surface area contributed by atoms with Crippen LogP contribution in [0.1, 0.15) is 62.9 Å². The van der Waals surface area contributed by atoms with Crippen LogP contribution in [0.5, 0.6) is 0 Å². The molecule has 3 atom stereocenters. The fraction of sp³-hybridized carbons (Fsp3) is 0.433. The maximum Gasteiger partial charge on any atom is 0.418 e. The summed E-state index contributed by atoms with van der Waals surface area (Å²) in [5, 5.41) is 16.1. The van der Waals surface area contributed by atoms with E-state index < -0.39 is 40.6 Å². The molecule has 0 bridgehead atoms. The molecule has 2 amide bonds. The number of carbonyl (C=O) groups excluding carboxylic acids is 2. The molecule has 10 heteroatoms. The summed E-state index contributed by atoms with van der Waals surface area (Å²) in [7, 11) is 0. The second-order valence-corrected chi connectivity index (χ2v) is 11.2. The van der Waals surface area contributed by atoms with E-state index in [1.807, 2.05) is 37.3 Å². The van der Waals surface area contributed by atoms with E-state index in [0.717, 1.165) is 11.6 Å². The molecule has 0 saturated carbocycles. The zero-order chi connectivity index (χ0) is 29.5. The molecule has 1 heterocycles. The minimum absolute atomic E-state index is 0.0219. The van der Waals surface area contributed by atoms with E-state index in [4.69, 9.17) is 0 Å². The summed E-state index contributed by atoms with van der Waals surface area (Å²) in [5.41, 5.74) is -1.92. The quantitative estimate of drug-likeness (QED) is 0.308. The van der Waals surface area contributed by atoms with Crippen LogP contribution in [0.3, 0.4) is 0 Å². The highest BCUT2D eigenvalue weighted by atomic mass is 19.4. The number of aromatic nitrogens is 1. The number of benzene rings is 2. The predicted molar refractivity (Wildman–Crippen MR) is 145 cm³/mol. The van der Waals surface area contributed by atoms with Gasteiger partial charge in [0.1, 0.15) is 11.6 Å². The Labute approximate surface area is 230 Å². The maximum atomic E-state index is 13.7. The molecule has 0 spiro atoms. The third kappa shape index (κ3) is 5.31. The van der Waals surface area contributed by atoms with Crippen molar-refractivity contribution in [2.75, 3.05) is 0 Å². The summed E-state index contributed by atoms with van der Waals surface area (Å²) in [4.78, 5) is 42.6. The Morgan fingerprint density at radius 3 is 2.35 bits per heavy atom. The van der Waals surface area contributed by atoms with Crippen LogP contribution >= 0.6 is 0 Å². The van der Waals surface area contributed by atoms with Gasteiger partial charge >= 0.3 is 12.1 Å². The van der Waals surface area contributed by atoms with Gasteiger partial charge in [0.05, 0.1) is 16.5 Å². The molecule has 3 unspecified atom stereocenters. The molecule has 0 aliphatic heterocycles. The first-order valence-electron chi connectivity index (χ1n) is 13.3. The number of H-pyrrole nitrogens is 1. The van der Waals surface area contributed by atoms with Crippen molar-refractivity contribution >= 4 is 28.7 Å². The average Bonchev–Trinajstić information content (AvgIpc) is 3.28. The minimum atomic E-state index is -4.58. The Bertz CT molecular complexity index is 1430. The number of carbonyl (C=O) groups is 3. The molecule has 214 valence electrons. The molecule has 40 heavy (non-hydrogen) atoms. The van der Waals surface area contributed by atoms with Crippen LogP contribution in [0.15, 0.2) is 48.5 Å². The molecule has 0 radical (unpaired) electrons. The van der Waals surface area contributed by atoms with Gasteiger partial charge in [-0.2, -0.15) is 13.2 Å². The average molecular weight is 558 g/mol. The summed E-state index contributed by atoms with van der Waals surface area (Å²) < 4.78 is 40.9. The van der Waals surface area contributed by atoms with Gasteiger partial charge in [-0.3, -0.25) is 9.59 Å². The number of carboxylic acids is 1. The molecule has 3 aromatic rings. The molecule has 1 aliphatic rings. The number of rotatable bonds is 8. The minimum Gasteiger partial charge on any atom is -0.479 e. The zero-order valence-corrected chi connectivity index (χ0v) is 22.9. The van der Waals surface area contributed by atoms with E-state index in [9.17, 15) is 32.7 Å². The Morgan fingerprint density at radius 2 is 1.75 bits per heavy atom. The summed E-state index contributed by atoms with van der Waals surface area (Å²) in [6, 6.07) is 11.9. The highest BCUT2D eigenvalue weighted by Gasteiger charge is 2.46. The van der Waals surface area contributed by atoms with Crippen LogP contribution in [0, 0.1) is 5.92 Å². The van der Waals surface area contributed by atoms with Crippen molar-refractivity contribution in [3.05, 3.63) is 70.9 Å². The van der Waals surface area contributed by atoms with Crippen molar-refractivity contribution in [3.8, 4) is 0 Å². The van der Waals surface area contributed by atoms with E-state index in [1.54, 1.807) is 20.8 Å². The number of carboxylic acid groups (broad SMARTS) is 1. The number of halogens is 3. The fourth-order valence-corrected chi connectivity index (χ4v) is 5.37. The van der Waals surface area contributed by atoms with E-state index in [1.165, 1.54) is 12.1 Å². The van der Waals surface area contributed by atoms with Gasteiger partial charge in [-0.15, -0.1) is 0 Å². The molecule has 7 nitrogen and oxygen atoms in total. The zero-order valence-electron chi connectivity index (χ0n) is 22.9. The number of fused-ring (bicyclic) bond motifs is 3. The van der Waals surface area contributed by atoms with Crippen molar-refractivity contribution in [1.29, 1.82) is 0 Å². The molecular weight excluding hydrogens is 523 g/mol. The Balaban J connectivity index is 1.64. The van der Waals surface area contributed by atoms with E-state index in [-0.39, 0.29) is 42.0 Å². The molecule has 4 rings (SSSR count). The second-order valence-electron chi connectivity index (χ2n) is 11.2. The van der Waals surface area contributed by atoms with Gasteiger partial charge in [0.15, 0.2) is 0 Å². The molecule has 1 aliphatic carbocycles. The highest BCUT2D eigenvalue weighted by molar-refractivity contribution is 5.96. The predicted octanol–water partition coefficient (Wildman–Crippen LogP) is 5.12. The van der Waals surface area contributed by atoms with Gasteiger partial charge in [0, 0.05) is 17.5 Å². The fourth-order valence-electron chi connectivity index (χ4n) is 5.37. The third-order valence-corrected chi connectivity index (χ3v) is 8.23. The van der Waals surface area contributed by atoms with Crippen molar-refractivity contribution in [3.63, 3.8) is 0 Å². The normalized spacial score (nSPS) is 19.0. The third-order valence-electron chi connectivity index (χ3n) is 8.23. The first-order valence-corrected chi connectivity index (χ1v) is 13.3. The van der Waals surface area contributed by atoms with E-state index in [0.29, 0.717) is 17.7 Å². The van der Waals surface area contributed by atoms with Crippen molar-refractivity contribution < 1.29 is 32.7 Å². The van der Waals surface area contributed by atoms with Crippen LogP contribution in [-0.2, 0) is 38.8 Å². The number of alkyl halides is 3. The van der Waals surface area contributed by atoms with Gasteiger partial charge in [0.2, 0.25) is 11.8 Å². The summed E-state index contributed by atoms with van der Waals surface area (Å²) in [6.07, 6.45) is -4.13. The van der Waals surface area contributed by atoms with Crippen molar-refractivity contribution in [1.82, 2.24) is 15.6 Å². The van der Waals surface area contributed by atoms with E-state index >= 15 is 0 Å². The summed E-state index contributed by atoms with van der Waals surface area (Å²) in [5.74, 6) is -2.63. The number of aryl methyl sites for hydroxylation is 1.